The summed E-state index contributed by atoms with van der Waals surface area (Å²) in [6.07, 6.45) is 3.00. The Kier molecular flexibility index (Phi) is 17.0. The first-order chi connectivity index (χ1) is 11.7. The number of rotatable bonds is 17. The van der Waals surface area contributed by atoms with Crippen molar-refractivity contribution in [3.63, 3.8) is 0 Å². The van der Waals surface area contributed by atoms with Crippen LogP contribution in [0.1, 0.15) is 26.7 Å². The minimum Gasteiger partial charge on any atom is -0.379 e. The molecule has 24 heavy (non-hydrogen) atoms. The molecule has 0 bridgehead atoms. The van der Waals surface area contributed by atoms with Crippen LogP contribution in [-0.4, -0.2) is 77.1 Å². The minimum atomic E-state index is 0.116. The third-order valence-electron chi connectivity index (χ3n) is 2.71. The molecule has 0 spiro atoms. The average Bonchev–Trinajstić information content (AvgIpc) is 2.57. The molecular formula is C16H31N3O5. The van der Waals surface area contributed by atoms with Crippen molar-refractivity contribution in [2.45, 2.75) is 26.7 Å². The molecule has 0 fully saturated rings. The number of Topliss-reactive ketones (excluding diaryl/α,β-unsaturated/α-hetero) is 1. The molecule has 0 saturated carbocycles. The molecule has 0 unspecified atom stereocenters. The molecule has 0 saturated heterocycles. The normalized spacial score (nSPS) is 12.2. The number of hydrazone groups is 1. The number of nitrogens with zero attached hydrogens (tertiary/aromatic N) is 2. The number of aliphatic imine (C=N–C) groups is 1. The van der Waals surface area contributed by atoms with Crippen molar-refractivity contribution in [3.05, 3.63) is 0 Å². The SMILES string of the molecule is CCCOCCOCCOC/C(C=NCCOCCC(C)=O)=N/N. The summed E-state index contributed by atoms with van der Waals surface area (Å²) in [5.41, 5.74) is 0.546. The first-order valence-corrected chi connectivity index (χ1v) is 8.27. The highest BCUT2D eigenvalue weighted by atomic mass is 16.5. The van der Waals surface area contributed by atoms with E-state index in [0.29, 0.717) is 58.3 Å². The summed E-state index contributed by atoms with van der Waals surface area (Å²) in [5.74, 6) is 5.39. The lowest BCUT2D eigenvalue weighted by Gasteiger charge is -2.06. The number of hydrogen-bond donors (Lipinski definition) is 1. The number of carbonyl (C=O) groups is 1. The summed E-state index contributed by atoms with van der Waals surface area (Å²) >= 11 is 0. The van der Waals surface area contributed by atoms with Crippen molar-refractivity contribution in [1.29, 1.82) is 0 Å². The Bertz CT molecular complexity index is 362. The van der Waals surface area contributed by atoms with E-state index in [1.165, 1.54) is 6.92 Å². The lowest BCUT2D eigenvalue weighted by atomic mass is 10.3. The summed E-state index contributed by atoms with van der Waals surface area (Å²) in [6.45, 7) is 8.12. The van der Waals surface area contributed by atoms with Crippen LogP contribution in [0.2, 0.25) is 0 Å². The lowest BCUT2D eigenvalue weighted by Crippen LogP contribution is -2.16. The zero-order valence-electron chi connectivity index (χ0n) is 14.9. The van der Waals surface area contributed by atoms with Crippen LogP contribution in [0.5, 0.6) is 0 Å². The number of hydrogen-bond acceptors (Lipinski definition) is 8. The monoisotopic (exact) mass is 345 g/mol. The van der Waals surface area contributed by atoms with E-state index < -0.39 is 0 Å². The average molecular weight is 345 g/mol. The van der Waals surface area contributed by atoms with E-state index in [1.54, 1.807) is 6.21 Å². The smallest absolute Gasteiger partial charge is 0.132 e. The summed E-state index contributed by atoms with van der Waals surface area (Å²) < 4.78 is 21.3. The molecule has 8 nitrogen and oxygen atoms in total. The van der Waals surface area contributed by atoms with E-state index in [1.807, 2.05) is 0 Å². The molecule has 2 N–H and O–H groups in total. The summed E-state index contributed by atoms with van der Waals surface area (Å²) in [7, 11) is 0. The standard InChI is InChI=1S/C16H31N3O5/c1-3-6-21-9-10-23-11-12-24-14-16(19-17)13-18-5-8-22-7-4-15(2)20/h13H,3-12,14,17H2,1-2H3/b18-13?,19-16+. The molecule has 140 valence electrons. The van der Waals surface area contributed by atoms with Crippen LogP contribution in [0.15, 0.2) is 10.1 Å². The highest BCUT2D eigenvalue weighted by Crippen LogP contribution is 1.86. The van der Waals surface area contributed by atoms with Crippen LogP contribution in [0.3, 0.4) is 0 Å². The van der Waals surface area contributed by atoms with Crippen LogP contribution in [0.25, 0.3) is 0 Å². The Morgan fingerprint density at radius 3 is 2.21 bits per heavy atom. The van der Waals surface area contributed by atoms with Gasteiger partial charge in [0.25, 0.3) is 0 Å². The van der Waals surface area contributed by atoms with Crippen molar-refractivity contribution in [2.75, 3.05) is 59.4 Å². The van der Waals surface area contributed by atoms with Crippen LogP contribution >= 0.6 is 0 Å². The molecule has 0 aliphatic heterocycles. The van der Waals surface area contributed by atoms with Crippen LogP contribution in [0, 0.1) is 0 Å². The van der Waals surface area contributed by atoms with E-state index >= 15 is 0 Å². The number of ketones is 1. The molecule has 8 heteroatoms. The minimum absolute atomic E-state index is 0.116. The Hall–Kier alpha value is -1.35. The molecule has 0 aliphatic rings. The fourth-order valence-electron chi connectivity index (χ4n) is 1.47. The number of ether oxygens (including phenoxy) is 4. The second-order valence-corrected chi connectivity index (χ2v) is 5.00. The molecule has 0 heterocycles. The second-order valence-electron chi connectivity index (χ2n) is 5.00. The second kappa shape index (κ2) is 18.0. The van der Waals surface area contributed by atoms with Gasteiger partial charge in [0.1, 0.15) is 11.5 Å². The van der Waals surface area contributed by atoms with Crippen molar-refractivity contribution in [2.24, 2.45) is 15.9 Å². The van der Waals surface area contributed by atoms with E-state index in [9.17, 15) is 4.79 Å². The molecule has 0 aromatic carbocycles. The predicted octanol–water partition coefficient (Wildman–Crippen LogP) is 0.827. The molecule has 0 radical (unpaired) electrons. The Balaban J connectivity index is 3.49. The van der Waals surface area contributed by atoms with E-state index in [2.05, 4.69) is 17.0 Å². The van der Waals surface area contributed by atoms with Crippen molar-refractivity contribution in [3.8, 4) is 0 Å². The van der Waals surface area contributed by atoms with Gasteiger partial charge in [0.15, 0.2) is 0 Å². The largest absolute Gasteiger partial charge is 0.379 e. The third-order valence-corrected chi connectivity index (χ3v) is 2.71. The Morgan fingerprint density at radius 1 is 0.958 bits per heavy atom. The first kappa shape index (κ1) is 22.6. The number of nitrogens with two attached hydrogens (primary N) is 1. The van der Waals surface area contributed by atoms with Crippen LogP contribution < -0.4 is 5.84 Å². The molecule has 0 rings (SSSR count). The maximum absolute atomic E-state index is 10.7. The van der Waals surface area contributed by atoms with Gasteiger partial charge in [-0.25, -0.2) is 0 Å². The molecule has 0 atom stereocenters. The van der Waals surface area contributed by atoms with E-state index in [0.717, 1.165) is 13.0 Å². The van der Waals surface area contributed by atoms with Gasteiger partial charge in [0.05, 0.1) is 52.8 Å². The summed E-state index contributed by atoms with van der Waals surface area (Å²) in [4.78, 5) is 14.9. The van der Waals surface area contributed by atoms with Gasteiger partial charge in [0, 0.05) is 19.2 Å². The van der Waals surface area contributed by atoms with E-state index in [-0.39, 0.29) is 12.4 Å². The summed E-state index contributed by atoms with van der Waals surface area (Å²) in [5, 5.41) is 3.61. The zero-order valence-corrected chi connectivity index (χ0v) is 14.9. The van der Waals surface area contributed by atoms with Crippen LogP contribution in [-0.2, 0) is 23.7 Å². The molecule has 0 aromatic heterocycles. The van der Waals surface area contributed by atoms with Crippen molar-refractivity contribution in [1.82, 2.24) is 0 Å². The van der Waals surface area contributed by atoms with Gasteiger partial charge in [0.2, 0.25) is 0 Å². The predicted molar refractivity (Wildman–Crippen MR) is 93.8 cm³/mol. The van der Waals surface area contributed by atoms with Gasteiger partial charge in [-0.15, -0.1) is 0 Å². The fraction of sp³-hybridized carbons (Fsp3) is 0.812. The number of carbonyl (C=O) groups excluding carboxylic acids is 1. The maximum atomic E-state index is 10.7. The van der Waals surface area contributed by atoms with Gasteiger partial charge in [-0.2, -0.15) is 5.10 Å². The highest BCUT2D eigenvalue weighted by molar-refractivity contribution is 6.31. The molecular weight excluding hydrogens is 314 g/mol. The van der Waals surface area contributed by atoms with Gasteiger partial charge in [-0.1, -0.05) is 6.92 Å². The van der Waals surface area contributed by atoms with Gasteiger partial charge >= 0.3 is 0 Å². The topological polar surface area (TPSA) is 105 Å². The molecule has 0 aliphatic carbocycles. The quantitative estimate of drug-likeness (QED) is 0.181. The lowest BCUT2D eigenvalue weighted by molar-refractivity contribution is -0.118. The Labute approximate surface area is 144 Å². The highest BCUT2D eigenvalue weighted by Gasteiger charge is 1.97. The zero-order chi connectivity index (χ0) is 17.9. The van der Waals surface area contributed by atoms with E-state index in [4.69, 9.17) is 24.8 Å². The third kappa shape index (κ3) is 17.0. The first-order valence-electron chi connectivity index (χ1n) is 8.27. The molecule has 0 amide bonds. The fourth-order valence-corrected chi connectivity index (χ4v) is 1.47. The van der Waals surface area contributed by atoms with Crippen LogP contribution in [0.4, 0.5) is 0 Å². The maximum Gasteiger partial charge on any atom is 0.132 e. The van der Waals surface area contributed by atoms with Gasteiger partial charge in [-0.3, -0.25) is 9.79 Å². The van der Waals surface area contributed by atoms with Gasteiger partial charge in [-0.05, 0) is 13.3 Å². The molecule has 0 aromatic rings. The van der Waals surface area contributed by atoms with Crippen molar-refractivity contribution < 1.29 is 23.7 Å². The Morgan fingerprint density at radius 2 is 1.58 bits per heavy atom. The van der Waals surface area contributed by atoms with Crippen molar-refractivity contribution >= 4 is 17.7 Å². The summed E-state index contributed by atoms with van der Waals surface area (Å²) in [6, 6.07) is 0. The van der Waals surface area contributed by atoms with Gasteiger partial charge < -0.3 is 24.8 Å².